The molecule has 6 atom stereocenters. The number of hydrogen-bond acceptors (Lipinski definition) is 6. The molecular weight excluding hydrogens is 558 g/mol. The smallest absolute Gasteiger partial charge is 0.327 e. The van der Waals surface area contributed by atoms with E-state index in [0.29, 0.717) is 32.5 Å². The predicted octanol–water partition coefficient (Wildman–Crippen LogP) is 6.30. The number of aromatic nitrogens is 1. The molecule has 8 heteroatoms. The van der Waals surface area contributed by atoms with Crippen LogP contribution < -0.4 is 5.48 Å². The molecule has 4 fully saturated rings. The molecule has 234 valence electrons. The maximum atomic E-state index is 12.8. The lowest BCUT2D eigenvalue weighted by Gasteiger charge is -2.59. The first-order valence-corrected chi connectivity index (χ1v) is 18.3. The second kappa shape index (κ2) is 10.8. The Morgan fingerprint density at radius 3 is 2.53 bits per heavy atom. The summed E-state index contributed by atoms with van der Waals surface area (Å²) >= 11 is 0. The number of fused-ring (bicyclic) bond motifs is 5. The minimum absolute atomic E-state index is 0.0464. The van der Waals surface area contributed by atoms with Crippen LogP contribution in [0.5, 0.6) is 0 Å². The van der Waals surface area contributed by atoms with Gasteiger partial charge in [0.05, 0.1) is 11.2 Å². The Bertz CT molecular complexity index is 1410. The van der Waals surface area contributed by atoms with Gasteiger partial charge in [-0.25, -0.2) is 12.7 Å². The Morgan fingerprint density at radius 2 is 1.81 bits per heavy atom. The van der Waals surface area contributed by atoms with Crippen molar-refractivity contribution in [2.45, 2.75) is 96.7 Å². The molecule has 7 rings (SSSR count). The van der Waals surface area contributed by atoms with Crippen LogP contribution in [0.3, 0.4) is 0 Å². The third kappa shape index (κ3) is 5.13. The molecule has 0 amide bonds. The highest BCUT2D eigenvalue weighted by atomic mass is 32.2. The van der Waals surface area contributed by atoms with Crippen molar-refractivity contribution in [3.63, 3.8) is 0 Å². The molecule has 1 aromatic heterocycles. The number of rotatable bonds is 7. The Hall–Kier alpha value is -2.03. The summed E-state index contributed by atoms with van der Waals surface area (Å²) in [4.78, 5) is 22.9. The average molecular weight is 608 g/mol. The lowest BCUT2D eigenvalue weighted by Crippen LogP contribution is -2.51. The first kappa shape index (κ1) is 29.7. The van der Waals surface area contributed by atoms with Crippen molar-refractivity contribution in [1.29, 1.82) is 0 Å². The number of nitrogens with zero attached hydrogens (tertiary/aromatic N) is 2. The molecule has 0 bridgehead atoms. The molecule has 1 unspecified atom stereocenters. The summed E-state index contributed by atoms with van der Waals surface area (Å²) in [5, 5.41) is -0.191. The van der Waals surface area contributed by atoms with Crippen LogP contribution in [-0.2, 0) is 19.7 Å². The lowest BCUT2D eigenvalue weighted by molar-refractivity contribution is -0.158. The maximum Gasteiger partial charge on any atom is 0.327 e. The molecule has 0 aromatic carbocycles. The van der Waals surface area contributed by atoms with Crippen molar-refractivity contribution in [3.8, 4) is 0 Å². The van der Waals surface area contributed by atoms with Gasteiger partial charge in [0, 0.05) is 37.4 Å². The maximum absolute atomic E-state index is 12.8. The lowest BCUT2D eigenvalue weighted by atomic mass is 9.45. The predicted molar refractivity (Wildman–Crippen MR) is 168 cm³/mol. The fraction of sp³-hybridized carbons (Fsp3) is 0.714. The van der Waals surface area contributed by atoms with E-state index in [0.717, 1.165) is 37.0 Å². The van der Waals surface area contributed by atoms with Gasteiger partial charge in [-0.2, -0.15) is 5.48 Å². The van der Waals surface area contributed by atoms with E-state index in [1.807, 2.05) is 12.4 Å². The first-order chi connectivity index (χ1) is 20.5. The molecular formula is C35H49N3O4S. The van der Waals surface area contributed by atoms with Crippen molar-refractivity contribution in [2.75, 3.05) is 19.6 Å². The molecule has 43 heavy (non-hydrogen) atoms. The Balaban J connectivity index is 0.952. The molecule has 6 aliphatic rings. The van der Waals surface area contributed by atoms with E-state index in [9.17, 15) is 13.2 Å². The van der Waals surface area contributed by atoms with E-state index in [2.05, 4.69) is 55.5 Å². The highest BCUT2D eigenvalue weighted by Gasteiger charge is 2.57. The summed E-state index contributed by atoms with van der Waals surface area (Å²) in [5.74, 6) is 1.73. The Labute approximate surface area is 257 Å². The van der Waals surface area contributed by atoms with Crippen LogP contribution in [0.25, 0.3) is 5.57 Å². The minimum atomic E-state index is -3.17. The summed E-state index contributed by atoms with van der Waals surface area (Å²) in [6.45, 7) is 8.82. The van der Waals surface area contributed by atoms with E-state index in [-0.39, 0.29) is 33.4 Å². The van der Waals surface area contributed by atoms with Gasteiger partial charge in [-0.15, -0.1) is 0 Å². The van der Waals surface area contributed by atoms with Gasteiger partial charge in [0.1, 0.15) is 0 Å². The first-order valence-electron chi connectivity index (χ1n) is 16.8. The summed E-state index contributed by atoms with van der Waals surface area (Å²) in [6.07, 6.45) is 20.1. The fourth-order valence-corrected chi connectivity index (χ4v) is 11.8. The van der Waals surface area contributed by atoms with Crippen LogP contribution in [0.1, 0.15) is 97.0 Å². The van der Waals surface area contributed by atoms with Gasteiger partial charge in [0.25, 0.3) is 0 Å². The second-order valence-corrected chi connectivity index (χ2v) is 17.6. The van der Waals surface area contributed by atoms with E-state index in [1.165, 1.54) is 49.7 Å². The van der Waals surface area contributed by atoms with Crippen molar-refractivity contribution < 1.29 is 18.0 Å². The van der Waals surface area contributed by atoms with E-state index in [1.54, 1.807) is 9.88 Å². The molecule has 3 saturated carbocycles. The van der Waals surface area contributed by atoms with Crippen molar-refractivity contribution in [3.05, 3.63) is 47.8 Å². The number of hydroxylamine groups is 1. The standard InChI is InChI=1S/C35H49N3O4S/c1-33(23-37-42-32(39)24-13-19-38(20-14-24)43(40,41)27-7-8-27)16-17-34(2)26(21-33)6-9-28-30-11-10-29(25-5-4-18-36-22-25)35(30,3)15-12-31(28)34/h4-5,10,18,21-22,24,27-28,30-31,37H,6-9,11-17,19-20,23H2,1-3H3/t28-,30+,31+,33?,34+,35-/m1/s1. The molecule has 0 spiro atoms. The molecule has 0 radical (unpaired) electrons. The second-order valence-electron chi connectivity index (χ2n) is 15.4. The van der Waals surface area contributed by atoms with E-state index in [4.69, 9.17) is 4.84 Å². The summed E-state index contributed by atoms with van der Waals surface area (Å²) in [7, 11) is -3.17. The van der Waals surface area contributed by atoms with Crippen molar-refractivity contribution >= 4 is 21.6 Å². The summed E-state index contributed by atoms with van der Waals surface area (Å²) in [6, 6.07) is 4.31. The molecule has 2 heterocycles. The minimum Gasteiger partial charge on any atom is -0.370 e. The van der Waals surface area contributed by atoms with Gasteiger partial charge in [-0.3, -0.25) is 9.78 Å². The zero-order valence-electron chi connectivity index (χ0n) is 26.2. The third-order valence-electron chi connectivity index (χ3n) is 12.8. The third-order valence-corrected chi connectivity index (χ3v) is 15.2. The SMILES string of the molecule is CC1(CNOC(=O)C2CCN(S(=O)(=O)C3CC3)CC2)C=C2CC[C@H]3[C@H](CC[C@]4(C)C(c5cccnc5)=CC[C@@H]34)[C@@]2(C)CC1. The highest BCUT2D eigenvalue weighted by molar-refractivity contribution is 7.90. The van der Waals surface area contributed by atoms with Crippen LogP contribution >= 0.6 is 0 Å². The van der Waals surface area contributed by atoms with Crippen LogP contribution in [0.2, 0.25) is 0 Å². The number of piperidine rings is 1. The Kier molecular flexibility index (Phi) is 7.45. The number of allylic oxidation sites excluding steroid dienone is 3. The van der Waals surface area contributed by atoms with E-state index < -0.39 is 10.0 Å². The topological polar surface area (TPSA) is 88.6 Å². The molecule has 1 N–H and O–H groups in total. The molecule has 1 aromatic rings. The van der Waals surface area contributed by atoms with Gasteiger partial charge in [-0.1, -0.05) is 44.6 Å². The van der Waals surface area contributed by atoms with E-state index >= 15 is 0 Å². The fourth-order valence-electron chi connectivity index (χ4n) is 9.90. The highest BCUT2D eigenvalue weighted by Crippen LogP contribution is 2.67. The van der Waals surface area contributed by atoms with Crippen LogP contribution in [0.15, 0.2) is 42.3 Å². The van der Waals surface area contributed by atoms with Crippen molar-refractivity contribution in [1.82, 2.24) is 14.8 Å². The monoisotopic (exact) mass is 607 g/mol. The summed E-state index contributed by atoms with van der Waals surface area (Å²) < 4.78 is 26.6. The van der Waals surface area contributed by atoms with Crippen molar-refractivity contribution in [2.24, 2.45) is 39.9 Å². The largest absolute Gasteiger partial charge is 0.370 e. The number of sulfonamides is 1. The molecule has 5 aliphatic carbocycles. The zero-order chi connectivity index (χ0) is 30.0. The van der Waals surface area contributed by atoms with Gasteiger partial charge in [-0.05, 0) is 116 Å². The molecule has 7 nitrogen and oxygen atoms in total. The van der Waals surface area contributed by atoms with Gasteiger partial charge >= 0.3 is 5.97 Å². The van der Waals surface area contributed by atoms with Crippen LogP contribution in [0.4, 0.5) is 0 Å². The molecule has 1 aliphatic heterocycles. The Morgan fingerprint density at radius 1 is 1.02 bits per heavy atom. The van der Waals surface area contributed by atoms with Gasteiger partial charge in [0.2, 0.25) is 10.0 Å². The van der Waals surface area contributed by atoms with Gasteiger partial charge in [0.15, 0.2) is 0 Å². The summed E-state index contributed by atoms with van der Waals surface area (Å²) in [5.41, 5.74) is 7.97. The van der Waals surface area contributed by atoms with Crippen LogP contribution in [-0.4, -0.2) is 48.6 Å². The average Bonchev–Trinajstić information content (AvgIpc) is 3.80. The number of carbonyl (C=O) groups excluding carboxylic acids is 1. The zero-order valence-corrected chi connectivity index (χ0v) is 27.0. The number of carbonyl (C=O) groups is 1. The van der Waals surface area contributed by atoms with Gasteiger partial charge < -0.3 is 4.84 Å². The number of nitrogens with one attached hydrogen (secondary N) is 1. The van der Waals surface area contributed by atoms with Crippen LogP contribution in [0, 0.1) is 39.9 Å². The quantitative estimate of drug-likeness (QED) is 0.289. The number of hydrogen-bond donors (Lipinski definition) is 1. The number of pyridine rings is 1. The normalized spacial score (nSPS) is 38.3. The molecule has 1 saturated heterocycles.